The number of hydrogen-bond donors (Lipinski definition) is 1. The van der Waals surface area contributed by atoms with Gasteiger partial charge in [0, 0.05) is 30.1 Å². The van der Waals surface area contributed by atoms with Crippen molar-refractivity contribution in [1.82, 2.24) is 10.1 Å². The third kappa shape index (κ3) is 4.58. The summed E-state index contributed by atoms with van der Waals surface area (Å²) < 4.78 is 4.91. The van der Waals surface area contributed by atoms with Gasteiger partial charge in [-0.25, -0.2) is 0 Å². The molecule has 2 aromatic rings. The van der Waals surface area contributed by atoms with Crippen LogP contribution in [0.4, 0.5) is 5.82 Å². The van der Waals surface area contributed by atoms with Crippen molar-refractivity contribution in [3.05, 3.63) is 46.7 Å². The lowest BCUT2D eigenvalue weighted by molar-refractivity contribution is -0.116. The number of aryl methyl sites for hydroxylation is 1. The average Bonchev–Trinajstić information content (AvgIpc) is 2.89. The number of hydrogen-bond acceptors (Lipinski definition) is 4. The largest absolute Gasteiger partial charge is 0.360 e. The molecular formula is C16H20ClN3O2. The van der Waals surface area contributed by atoms with Gasteiger partial charge < -0.3 is 9.84 Å². The fourth-order valence-electron chi connectivity index (χ4n) is 2.12. The minimum Gasteiger partial charge on any atom is -0.360 e. The summed E-state index contributed by atoms with van der Waals surface area (Å²) in [6.45, 7) is 4.50. The lowest BCUT2D eigenvalue weighted by Gasteiger charge is -2.24. The fourth-order valence-corrected chi connectivity index (χ4v) is 2.32. The quantitative estimate of drug-likeness (QED) is 0.882. The van der Waals surface area contributed by atoms with E-state index in [-0.39, 0.29) is 11.9 Å². The number of amides is 1. The van der Waals surface area contributed by atoms with Gasteiger partial charge in [0.05, 0.1) is 0 Å². The summed E-state index contributed by atoms with van der Waals surface area (Å²) in [6.07, 6.45) is 0.382. The molecule has 6 heteroatoms. The first-order chi connectivity index (χ1) is 10.5. The summed E-state index contributed by atoms with van der Waals surface area (Å²) in [6, 6.07) is 9.63. The van der Waals surface area contributed by atoms with E-state index >= 15 is 0 Å². The Balaban J connectivity index is 1.84. The highest BCUT2D eigenvalue weighted by atomic mass is 35.5. The van der Waals surface area contributed by atoms with Crippen LogP contribution in [0.15, 0.2) is 34.9 Å². The zero-order valence-corrected chi connectivity index (χ0v) is 13.7. The Kier molecular flexibility index (Phi) is 5.57. The second kappa shape index (κ2) is 7.42. The molecule has 1 heterocycles. The van der Waals surface area contributed by atoms with E-state index in [1.807, 2.05) is 31.3 Å². The molecule has 0 saturated heterocycles. The molecule has 0 saturated carbocycles. The van der Waals surface area contributed by atoms with E-state index in [1.54, 1.807) is 13.0 Å². The topological polar surface area (TPSA) is 58.4 Å². The number of nitrogens with one attached hydrogen (secondary N) is 1. The van der Waals surface area contributed by atoms with E-state index < -0.39 is 0 Å². The molecule has 1 N–H and O–H groups in total. The summed E-state index contributed by atoms with van der Waals surface area (Å²) in [5.41, 5.74) is 1.13. The van der Waals surface area contributed by atoms with Gasteiger partial charge in [-0.15, -0.1) is 0 Å². The Bertz CT molecular complexity index is 642. The lowest BCUT2D eigenvalue weighted by Crippen LogP contribution is -2.27. The number of anilines is 1. The Morgan fingerprint density at radius 3 is 2.86 bits per heavy atom. The fraction of sp³-hybridized carbons (Fsp3) is 0.375. The summed E-state index contributed by atoms with van der Waals surface area (Å²) >= 11 is 6.01. The minimum absolute atomic E-state index is 0.0848. The van der Waals surface area contributed by atoms with Gasteiger partial charge in [0.1, 0.15) is 5.76 Å². The molecule has 0 bridgehead atoms. The van der Waals surface area contributed by atoms with E-state index in [4.69, 9.17) is 16.1 Å². The molecule has 118 valence electrons. The van der Waals surface area contributed by atoms with E-state index in [1.165, 1.54) is 0 Å². The molecule has 1 aromatic heterocycles. The summed E-state index contributed by atoms with van der Waals surface area (Å²) in [7, 11) is 1.99. The maximum Gasteiger partial charge on any atom is 0.226 e. The Morgan fingerprint density at radius 2 is 2.23 bits per heavy atom. The van der Waals surface area contributed by atoms with Crippen molar-refractivity contribution in [2.75, 3.05) is 18.9 Å². The van der Waals surface area contributed by atoms with Crippen LogP contribution in [-0.2, 0) is 4.79 Å². The molecule has 0 aliphatic heterocycles. The minimum atomic E-state index is -0.0848. The van der Waals surface area contributed by atoms with Crippen LogP contribution in [0, 0.1) is 6.92 Å². The Morgan fingerprint density at radius 1 is 1.45 bits per heavy atom. The molecule has 0 spiro atoms. The van der Waals surface area contributed by atoms with Gasteiger partial charge in [-0.1, -0.05) is 28.9 Å². The van der Waals surface area contributed by atoms with Crippen LogP contribution >= 0.6 is 11.6 Å². The maximum atomic E-state index is 11.9. The van der Waals surface area contributed by atoms with Gasteiger partial charge in [-0.2, -0.15) is 0 Å². The molecule has 0 unspecified atom stereocenters. The van der Waals surface area contributed by atoms with Crippen LogP contribution in [0.2, 0.25) is 5.02 Å². The molecule has 0 fully saturated rings. The van der Waals surface area contributed by atoms with Gasteiger partial charge in [-0.3, -0.25) is 9.69 Å². The van der Waals surface area contributed by atoms with Crippen LogP contribution in [0.25, 0.3) is 0 Å². The smallest absolute Gasteiger partial charge is 0.226 e. The van der Waals surface area contributed by atoms with E-state index in [0.29, 0.717) is 24.5 Å². The molecule has 1 amide bonds. The van der Waals surface area contributed by atoms with Crippen molar-refractivity contribution in [2.45, 2.75) is 26.3 Å². The molecule has 5 nitrogen and oxygen atoms in total. The molecule has 22 heavy (non-hydrogen) atoms. The average molecular weight is 322 g/mol. The molecule has 1 aromatic carbocycles. The summed E-state index contributed by atoms with van der Waals surface area (Å²) in [5, 5.41) is 7.17. The Hall–Kier alpha value is -1.85. The maximum absolute atomic E-state index is 11.9. The molecule has 2 rings (SSSR count). The summed E-state index contributed by atoms with van der Waals surface area (Å²) in [4.78, 5) is 14.0. The summed E-state index contributed by atoms with van der Waals surface area (Å²) in [5.74, 6) is 1.04. The number of carbonyl (C=O) groups is 1. The van der Waals surface area contributed by atoms with Crippen molar-refractivity contribution in [3.8, 4) is 0 Å². The third-order valence-corrected chi connectivity index (χ3v) is 3.81. The van der Waals surface area contributed by atoms with Gasteiger partial charge in [0.15, 0.2) is 5.82 Å². The molecule has 0 radical (unpaired) electrons. The first-order valence-corrected chi connectivity index (χ1v) is 7.52. The van der Waals surface area contributed by atoms with Crippen molar-refractivity contribution < 1.29 is 9.32 Å². The number of benzene rings is 1. The molecular weight excluding hydrogens is 302 g/mol. The van der Waals surface area contributed by atoms with Crippen molar-refractivity contribution in [3.63, 3.8) is 0 Å². The normalized spacial score (nSPS) is 12.4. The third-order valence-electron chi connectivity index (χ3n) is 3.58. The van der Waals surface area contributed by atoms with Gasteiger partial charge >= 0.3 is 0 Å². The first kappa shape index (κ1) is 16.5. The van der Waals surface area contributed by atoms with E-state index in [9.17, 15) is 4.79 Å². The zero-order chi connectivity index (χ0) is 16.1. The van der Waals surface area contributed by atoms with Crippen LogP contribution in [0.5, 0.6) is 0 Å². The second-order valence-corrected chi connectivity index (χ2v) is 5.77. The number of aromatic nitrogens is 1. The van der Waals surface area contributed by atoms with Crippen LogP contribution in [0.3, 0.4) is 0 Å². The standard InChI is InChI=1S/C16H20ClN3O2/c1-11-9-15(19-22-11)18-16(21)7-8-20(3)12(2)13-5-4-6-14(17)10-13/h4-6,9-10,12H,7-8H2,1-3H3,(H,18,19,21)/t12-/m0/s1. The number of carbonyl (C=O) groups excluding carboxylic acids is 1. The van der Waals surface area contributed by atoms with E-state index in [2.05, 4.69) is 22.3 Å². The van der Waals surface area contributed by atoms with Crippen molar-refractivity contribution in [2.24, 2.45) is 0 Å². The molecule has 1 atom stereocenters. The highest BCUT2D eigenvalue weighted by molar-refractivity contribution is 6.30. The van der Waals surface area contributed by atoms with Crippen LogP contribution < -0.4 is 5.32 Å². The molecule has 0 aliphatic carbocycles. The van der Waals surface area contributed by atoms with Gasteiger partial charge in [0.2, 0.25) is 5.91 Å². The highest BCUT2D eigenvalue weighted by Gasteiger charge is 2.14. The number of halogens is 1. The van der Waals surface area contributed by atoms with Gasteiger partial charge in [0.25, 0.3) is 0 Å². The lowest BCUT2D eigenvalue weighted by atomic mass is 10.1. The SMILES string of the molecule is Cc1cc(NC(=O)CCN(C)[C@@H](C)c2cccc(Cl)c2)no1. The van der Waals surface area contributed by atoms with Crippen molar-refractivity contribution >= 4 is 23.3 Å². The predicted octanol–water partition coefficient (Wildman–Crippen LogP) is 3.66. The Labute approximate surface area is 135 Å². The van der Waals surface area contributed by atoms with Crippen molar-refractivity contribution in [1.29, 1.82) is 0 Å². The predicted molar refractivity (Wildman–Crippen MR) is 87.0 cm³/mol. The van der Waals surface area contributed by atoms with Crippen LogP contribution in [0.1, 0.15) is 30.7 Å². The number of rotatable bonds is 6. The monoisotopic (exact) mass is 321 g/mol. The highest BCUT2D eigenvalue weighted by Crippen LogP contribution is 2.21. The number of nitrogens with zero attached hydrogens (tertiary/aromatic N) is 2. The van der Waals surface area contributed by atoms with E-state index in [0.717, 1.165) is 10.6 Å². The first-order valence-electron chi connectivity index (χ1n) is 7.14. The van der Waals surface area contributed by atoms with Crippen LogP contribution in [-0.4, -0.2) is 29.6 Å². The van der Waals surface area contributed by atoms with Gasteiger partial charge in [-0.05, 0) is 38.6 Å². The second-order valence-electron chi connectivity index (χ2n) is 5.33. The molecule has 0 aliphatic rings. The zero-order valence-electron chi connectivity index (χ0n) is 13.0.